The van der Waals surface area contributed by atoms with E-state index in [0.29, 0.717) is 5.56 Å². The molecule has 0 fully saturated rings. The van der Waals surface area contributed by atoms with Crippen LogP contribution in [0.15, 0.2) is 18.3 Å². The fourth-order valence-electron chi connectivity index (χ4n) is 1.25. The Morgan fingerprint density at radius 1 is 1.50 bits per heavy atom. The highest BCUT2D eigenvalue weighted by atomic mass is 32.2. The summed E-state index contributed by atoms with van der Waals surface area (Å²) in [5.41, 5.74) is 0.606. The molecule has 0 saturated carbocycles. The topological polar surface area (TPSA) is 91.1 Å². The minimum Gasteiger partial charge on any atom is -0.348 e. The van der Waals surface area contributed by atoms with Crippen molar-refractivity contribution in [2.24, 2.45) is 0 Å². The van der Waals surface area contributed by atoms with Gasteiger partial charge in [-0.2, -0.15) is 5.26 Å². The molecule has 96 valence electrons. The van der Waals surface area contributed by atoms with E-state index in [4.69, 9.17) is 5.26 Å². The molecule has 0 bridgehead atoms. The Labute approximate surface area is 106 Å². The molecule has 0 radical (unpaired) electrons. The van der Waals surface area contributed by atoms with Crippen molar-refractivity contribution in [3.63, 3.8) is 0 Å². The lowest BCUT2D eigenvalue weighted by atomic mass is 10.2. The molecule has 0 saturated heterocycles. The number of hydrogen-bond acceptors (Lipinski definition) is 5. The lowest BCUT2D eigenvalue weighted by Gasteiger charge is -2.10. The van der Waals surface area contributed by atoms with Crippen molar-refractivity contribution in [2.75, 3.05) is 19.8 Å². The third-order valence-corrected chi connectivity index (χ3v) is 3.63. The summed E-state index contributed by atoms with van der Waals surface area (Å²) in [6.45, 7) is 0. The van der Waals surface area contributed by atoms with Crippen LogP contribution in [-0.2, 0) is 20.4 Å². The van der Waals surface area contributed by atoms with Gasteiger partial charge in [0.1, 0.15) is 17.5 Å². The first-order chi connectivity index (χ1) is 8.34. The van der Waals surface area contributed by atoms with Crippen LogP contribution in [0, 0.1) is 11.3 Å². The van der Waals surface area contributed by atoms with E-state index in [9.17, 15) is 13.2 Å². The van der Waals surface area contributed by atoms with E-state index >= 15 is 0 Å². The van der Waals surface area contributed by atoms with Crippen molar-refractivity contribution >= 4 is 15.7 Å². The van der Waals surface area contributed by atoms with Gasteiger partial charge < -0.3 is 4.90 Å². The van der Waals surface area contributed by atoms with Gasteiger partial charge in [0.05, 0.1) is 5.75 Å². The summed E-state index contributed by atoms with van der Waals surface area (Å²) < 4.78 is 23.5. The summed E-state index contributed by atoms with van der Waals surface area (Å²) in [6, 6.07) is 4.74. The number of rotatable bonds is 4. The van der Waals surface area contributed by atoms with Crippen LogP contribution in [-0.4, -0.2) is 44.1 Å². The number of carbonyl (C=O) groups excluding carboxylic acids is 1. The number of nitriles is 1. The maximum Gasteiger partial charge on any atom is 0.237 e. The Morgan fingerprint density at radius 2 is 2.17 bits per heavy atom. The maximum atomic E-state index is 11.8. The number of carbonyl (C=O) groups is 1. The lowest BCUT2D eigenvalue weighted by Crippen LogP contribution is -2.29. The number of amides is 1. The fourth-order valence-corrected chi connectivity index (χ4v) is 2.67. The van der Waals surface area contributed by atoms with Crippen LogP contribution < -0.4 is 0 Å². The molecule has 6 nitrogen and oxygen atoms in total. The number of aromatic nitrogens is 1. The Kier molecular flexibility index (Phi) is 4.39. The zero-order chi connectivity index (χ0) is 13.8. The first-order valence-corrected chi connectivity index (χ1v) is 6.92. The van der Waals surface area contributed by atoms with Gasteiger partial charge in [0, 0.05) is 20.3 Å². The zero-order valence-corrected chi connectivity index (χ0v) is 10.9. The Morgan fingerprint density at radius 3 is 2.72 bits per heavy atom. The second-order valence-corrected chi connectivity index (χ2v) is 6.05. The molecule has 0 spiro atoms. The van der Waals surface area contributed by atoms with Crippen molar-refractivity contribution in [2.45, 2.75) is 5.75 Å². The largest absolute Gasteiger partial charge is 0.348 e. The molecule has 1 heterocycles. The Balaban J connectivity index is 2.83. The average Bonchev–Trinajstić information content (AvgIpc) is 2.27. The highest BCUT2D eigenvalue weighted by Gasteiger charge is 2.18. The molecule has 7 heteroatoms. The summed E-state index contributed by atoms with van der Waals surface area (Å²) in [5.74, 6) is -1.28. The standard InChI is InChI=1S/C11H13N3O3S/c1-14(2)11(15)8-18(16,17)7-9-3-4-13-10(5-9)6-12/h3-5H,7-8H2,1-2H3. The van der Waals surface area contributed by atoms with Gasteiger partial charge in [0.2, 0.25) is 5.91 Å². The van der Waals surface area contributed by atoms with Crippen LogP contribution in [0.1, 0.15) is 11.3 Å². The highest BCUT2D eigenvalue weighted by Crippen LogP contribution is 2.08. The molecule has 1 aromatic heterocycles. The number of nitrogens with zero attached hydrogens (tertiary/aromatic N) is 3. The smallest absolute Gasteiger partial charge is 0.237 e. The molecular weight excluding hydrogens is 254 g/mol. The van der Waals surface area contributed by atoms with Gasteiger partial charge in [-0.25, -0.2) is 13.4 Å². The van der Waals surface area contributed by atoms with Gasteiger partial charge in [-0.1, -0.05) is 0 Å². The van der Waals surface area contributed by atoms with Gasteiger partial charge in [-0.15, -0.1) is 0 Å². The van der Waals surface area contributed by atoms with Gasteiger partial charge in [0.15, 0.2) is 9.84 Å². The SMILES string of the molecule is CN(C)C(=O)CS(=O)(=O)Cc1ccnc(C#N)c1. The summed E-state index contributed by atoms with van der Waals surface area (Å²) >= 11 is 0. The van der Waals surface area contributed by atoms with E-state index in [0.717, 1.165) is 0 Å². The molecule has 18 heavy (non-hydrogen) atoms. The van der Waals surface area contributed by atoms with E-state index in [2.05, 4.69) is 4.98 Å². The lowest BCUT2D eigenvalue weighted by molar-refractivity contribution is -0.125. The normalized spacial score (nSPS) is 10.7. The molecule has 0 N–H and O–H groups in total. The molecule has 0 unspecified atom stereocenters. The minimum absolute atomic E-state index is 0.154. The molecule has 1 aromatic rings. The molecular formula is C11H13N3O3S. The van der Waals surface area contributed by atoms with Crippen LogP contribution >= 0.6 is 0 Å². The van der Waals surface area contributed by atoms with Crippen molar-refractivity contribution in [1.29, 1.82) is 5.26 Å². The van der Waals surface area contributed by atoms with E-state index in [1.165, 1.54) is 37.3 Å². The van der Waals surface area contributed by atoms with Crippen LogP contribution in [0.3, 0.4) is 0 Å². The van der Waals surface area contributed by atoms with Gasteiger partial charge in [0.25, 0.3) is 0 Å². The van der Waals surface area contributed by atoms with Gasteiger partial charge >= 0.3 is 0 Å². The summed E-state index contributed by atoms with van der Waals surface area (Å²) in [6.07, 6.45) is 1.37. The van der Waals surface area contributed by atoms with Crippen LogP contribution in [0.2, 0.25) is 0 Å². The quantitative estimate of drug-likeness (QED) is 0.763. The number of hydrogen-bond donors (Lipinski definition) is 0. The van der Waals surface area contributed by atoms with Crippen LogP contribution in [0.5, 0.6) is 0 Å². The third-order valence-electron chi connectivity index (χ3n) is 2.17. The molecule has 0 atom stereocenters. The monoisotopic (exact) mass is 267 g/mol. The van der Waals surface area contributed by atoms with Crippen molar-refractivity contribution in [3.8, 4) is 6.07 Å². The molecule has 0 aliphatic heterocycles. The predicted molar refractivity (Wildman–Crippen MR) is 65.1 cm³/mol. The predicted octanol–water partition coefficient (Wildman–Crippen LogP) is -0.0437. The Bertz CT molecular complexity index is 588. The number of sulfone groups is 1. The summed E-state index contributed by atoms with van der Waals surface area (Å²) in [4.78, 5) is 16.3. The minimum atomic E-state index is -3.53. The van der Waals surface area contributed by atoms with Crippen molar-refractivity contribution < 1.29 is 13.2 Å². The second-order valence-electron chi connectivity index (χ2n) is 3.98. The van der Waals surface area contributed by atoms with Crippen LogP contribution in [0.25, 0.3) is 0 Å². The van der Waals surface area contributed by atoms with E-state index in [1.54, 1.807) is 0 Å². The maximum absolute atomic E-state index is 11.8. The molecule has 0 aliphatic carbocycles. The van der Waals surface area contributed by atoms with E-state index < -0.39 is 21.5 Å². The average molecular weight is 267 g/mol. The molecule has 0 aromatic carbocycles. The first kappa shape index (κ1) is 14.1. The summed E-state index contributed by atoms with van der Waals surface area (Å²) in [7, 11) is -0.536. The van der Waals surface area contributed by atoms with E-state index in [1.807, 2.05) is 6.07 Å². The molecule has 0 aliphatic rings. The van der Waals surface area contributed by atoms with E-state index in [-0.39, 0.29) is 11.4 Å². The molecule has 1 amide bonds. The molecule has 1 rings (SSSR count). The van der Waals surface area contributed by atoms with Crippen molar-refractivity contribution in [1.82, 2.24) is 9.88 Å². The fraction of sp³-hybridized carbons (Fsp3) is 0.364. The zero-order valence-electron chi connectivity index (χ0n) is 10.1. The van der Waals surface area contributed by atoms with Gasteiger partial charge in [-0.3, -0.25) is 4.79 Å². The van der Waals surface area contributed by atoms with Gasteiger partial charge in [-0.05, 0) is 17.7 Å². The first-order valence-electron chi connectivity index (χ1n) is 5.09. The number of pyridine rings is 1. The van der Waals surface area contributed by atoms with Crippen LogP contribution in [0.4, 0.5) is 0 Å². The summed E-state index contributed by atoms with van der Waals surface area (Å²) in [5, 5.41) is 8.66. The third kappa shape index (κ3) is 4.14. The highest BCUT2D eigenvalue weighted by molar-refractivity contribution is 7.91. The second kappa shape index (κ2) is 5.60. The van der Waals surface area contributed by atoms with Crippen molar-refractivity contribution in [3.05, 3.63) is 29.6 Å². The Hall–Kier alpha value is -1.94.